The number of piperidine rings is 1. The summed E-state index contributed by atoms with van der Waals surface area (Å²) in [4.78, 5) is 0. The maximum Gasteiger partial charge on any atom is 0.214 e. The molecule has 0 spiro atoms. The van der Waals surface area contributed by atoms with Gasteiger partial charge in [0.15, 0.2) is 0 Å². The number of hydrogen-bond acceptors (Lipinski definition) is 3. The lowest BCUT2D eigenvalue weighted by atomic mass is 10.0. The highest BCUT2D eigenvalue weighted by Gasteiger charge is 2.25. The molecule has 6 heteroatoms. The van der Waals surface area contributed by atoms with Crippen LogP contribution in [-0.2, 0) is 16.6 Å². The van der Waals surface area contributed by atoms with Crippen molar-refractivity contribution in [1.82, 2.24) is 9.62 Å². The SMILES string of the molecule is CN(Cc1ccccc1Cl)S(=O)(=O)CC1CCNCC1. The molecule has 1 aliphatic rings. The van der Waals surface area contributed by atoms with Crippen molar-refractivity contribution in [3.8, 4) is 0 Å². The van der Waals surface area contributed by atoms with Crippen LogP contribution in [0.1, 0.15) is 18.4 Å². The van der Waals surface area contributed by atoms with Crippen LogP contribution < -0.4 is 5.32 Å². The molecule has 2 rings (SSSR count). The van der Waals surface area contributed by atoms with Crippen molar-refractivity contribution < 1.29 is 8.42 Å². The van der Waals surface area contributed by atoms with Crippen LogP contribution in [0, 0.1) is 5.92 Å². The smallest absolute Gasteiger partial charge is 0.214 e. The van der Waals surface area contributed by atoms with Gasteiger partial charge in [0.05, 0.1) is 5.75 Å². The van der Waals surface area contributed by atoms with Crippen molar-refractivity contribution in [3.63, 3.8) is 0 Å². The standard InChI is InChI=1S/C14H21ClN2O2S/c1-17(10-13-4-2-3-5-14(13)15)20(18,19)11-12-6-8-16-9-7-12/h2-5,12,16H,6-11H2,1H3. The first-order valence-electron chi connectivity index (χ1n) is 6.87. The maximum absolute atomic E-state index is 12.4. The van der Waals surface area contributed by atoms with Gasteiger partial charge in [-0.05, 0) is 43.5 Å². The predicted octanol–water partition coefficient (Wildman–Crippen LogP) is 2.10. The van der Waals surface area contributed by atoms with Crippen LogP contribution in [0.5, 0.6) is 0 Å². The zero-order valence-electron chi connectivity index (χ0n) is 11.7. The largest absolute Gasteiger partial charge is 0.317 e. The molecular weight excluding hydrogens is 296 g/mol. The zero-order valence-corrected chi connectivity index (χ0v) is 13.3. The molecule has 20 heavy (non-hydrogen) atoms. The number of hydrogen-bond donors (Lipinski definition) is 1. The van der Waals surface area contributed by atoms with E-state index < -0.39 is 10.0 Å². The van der Waals surface area contributed by atoms with Crippen molar-refractivity contribution in [3.05, 3.63) is 34.9 Å². The summed E-state index contributed by atoms with van der Waals surface area (Å²) in [6, 6.07) is 7.35. The van der Waals surface area contributed by atoms with Gasteiger partial charge in [-0.1, -0.05) is 29.8 Å². The minimum Gasteiger partial charge on any atom is -0.317 e. The van der Waals surface area contributed by atoms with Gasteiger partial charge in [0, 0.05) is 18.6 Å². The van der Waals surface area contributed by atoms with E-state index in [9.17, 15) is 8.42 Å². The molecule has 0 aliphatic carbocycles. The Hall–Kier alpha value is -0.620. The van der Waals surface area contributed by atoms with Gasteiger partial charge < -0.3 is 5.32 Å². The lowest BCUT2D eigenvalue weighted by Crippen LogP contribution is -2.36. The van der Waals surface area contributed by atoms with E-state index in [1.54, 1.807) is 13.1 Å². The normalized spacial score (nSPS) is 17.6. The Bertz CT molecular complexity index is 542. The van der Waals surface area contributed by atoms with Crippen LogP contribution in [0.4, 0.5) is 0 Å². The summed E-state index contributed by atoms with van der Waals surface area (Å²) in [5.41, 5.74) is 0.838. The van der Waals surface area contributed by atoms with Gasteiger partial charge in [0.25, 0.3) is 0 Å². The monoisotopic (exact) mass is 316 g/mol. The molecule has 0 radical (unpaired) electrons. The van der Waals surface area contributed by atoms with Crippen LogP contribution in [0.15, 0.2) is 24.3 Å². The Labute approximate surface area is 126 Å². The molecular formula is C14H21ClN2O2S. The third-order valence-electron chi connectivity index (χ3n) is 3.73. The fourth-order valence-electron chi connectivity index (χ4n) is 2.44. The molecule has 1 fully saturated rings. The minimum atomic E-state index is -3.23. The highest BCUT2D eigenvalue weighted by Crippen LogP contribution is 2.20. The number of halogens is 1. The van der Waals surface area contributed by atoms with Crippen molar-refractivity contribution in [2.75, 3.05) is 25.9 Å². The molecule has 112 valence electrons. The highest BCUT2D eigenvalue weighted by atomic mass is 35.5. The van der Waals surface area contributed by atoms with Gasteiger partial charge in [-0.25, -0.2) is 12.7 Å². The summed E-state index contributed by atoms with van der Waals surface area (Å²) in [5, 5.41) is 3.86. The van der Waals surface area contributed by atoms with Gasteiger partial charge in [-0.15, -0.1) is 0 Å². The van der Waals surface area contributed by atoms with Crippen LogP contribution in [0.2, 0.25) is 5.02 Å². The molecule has 1 aromatic carbocycles. The molecule has 0 atom stereocenters. The minimum absolute atomic E-state index is 0.232. The quantitative estimate of drug-likeness (QED) is 0.905. The van der Waals surface area contributed by atoms with Crippen LogP contribution >= 0.6 is 11.6 Å². The average Bonchev–Trinajstić information content (AvgIpc) is 2.42. The predicted molar refractivity (Wildman–Crippen MR) is 82.3 cm³/mol. The summed E-state index contributed by atoms with van der Waals surface area (Å²) in [7, 11) is -1.60. The molecule has 0 aromatic heterocycles. The number of sulfonamides is 1. The molecule has 4 nitrogen and oxygen atoms in total. The van der Waals surface area contributed by atoms with Gasteiger partial charge in [-0.2, -0.15) is 0 Å². The van der Waals surface area contributed by atoms with E-state index in [2.05, 4.69) is 5.32 Å². The molecule has 1 aromatic rings. The van der Waals surface area contributed by atoms with Gasteiger partial charge >= 0.3 is 0 Å². The van der Waals surface area contributed by atoms with Crippen molar-refractivity contribution in [2.45, 2.75) is 19.4 Å². The van der Waals surface area contributed by atoms with Crippen molar-refractivity contribution >= 4 is 21.6 Å². The van der Waals surface area contributed by atoms with E-state index in [0.29, 0.717) is 11.6 Å². The zero-order chi connectivity index (χ0) is 14.6. The first kappa shape index (κ1) is 15.8. The second kappa shape index (κ2) is 6.89. The Balaban J connectivity index is 1.99. The second-order valence-corrected chi connectivity index (χ2v) is 7.85. The summed E-state index contributed by atoms with van der Waals surface area (Å²) in [5.74, 6) is 0.491. The third-order valence-corrected chi connectivity index (χ3v) is 6.07. The fourth-order valence-corrected chi connectivity index (χ4v) is 4.15. The Morgan fingerprint density at radius 1 is 1.30 bits per heavy atom. The van der Waals surface area contributed by atoms with Crippen LogP contribution in [0.25, 0.3) is 0 Å². The summed E-state index contributed by atoms with van der Waals surface area (Å²) in [6.07, 6.45) is 1.86. The number of rotatable bonds is 5. The Morgan fingerprint density at radius 3 is 2.60 bits per heavy atom. The van der Waals surface area contributed by atoms with E-state index in [1.807, 2.05) is 18.2 Å². The summed E-state index contributed by atoms with van der Waals surface area (Å²) in [6.45, 7) is 2.15. The van der Waals surface area contributed by atoms with Gasteiger partial charge in [-0.3, -0.25) is 0 Å². The second-order valence-electron chi connectivity index (χ2n) is 5.32. The molecule has 1 N–H and O–H groups in total. The maximum atomic E-state index is 12.4. The summed E-state index contributed by atoms with van der Waals surface area (Å²) >= 11 is 6.08. The molecule has 0 saturated carbocycles. The van der Waals surface area contributed by atoms with Crippen LogP contribution in [0.3, 0.4) is 0 Å². The van der Waals surface area contributed by atoms with E-state index in [1.165, 1.54) is 4.31 Å². The van der Waals surface area contributed by atoms with E-state index in [-0.39, 0.29) is 11.7 Å². The molecule has 1 heterocycles. The van der Waals surface area contributed by atoms with E-state index >= 15 is 0 Å². The van der Waals surface area contributed by atoms with Gasteiger partial charge in [0.2, 0.25) is 10.0 Å². The highest BCUT2D eigenvalue weighted by molar-refractivity contribution is 7.89. The number of nitrogens with one attached hydrogen (secondary N) is 1. The lowest BCUT2D eigenvalue weighted by Gasteiger charge is -2.25. The van der Waals surface area contributed by atoms with Crippen molar-refractivity contribution in [2.24, 2.45) is 5.92 Å². The number of benzene rings is 1. The summed E-state index contributed by atoms with van der Waals surface area (Å²) < 4.78 is 26.2. The first-order chi connectivity index (χ1) is 9.49. The van der Waals surface area contributed by atoms with Crippen molar-refractivity contribution in [1.29, 1.82) is 0 Å². The topological polar surface area (TPSA) is 49.4 Å². The average molecular weight is 317 g/mol. The molecule has 1 aliphatic heterocycles. The Morgan fingerprint density at radius 2 is 1.95 bits per heavy atom. The fraction of sp³-hybridized carbons (Fsp3) is 0.571. The molecule has 0 unspecified atom stereocenters. The van der Waals surface area contributed by atoms with E-state index in [0.717, 1.165) is 31.5 Å². The van der Waals surface area contributed by atoms with Gasteiger partial charge in [0.1, 0.15) is 0 Å². The van der Waals surface area contributed by atoms with E-state index in [4.69, 9.17) is 11.6 Å². The molecule has 0 bridgehead atoms. The first-order valence-corrected chi connectivity index (χ1v) is 8.86. The number of nitrogens with zero attached hydrogens (tertiary/aromatic N) is 1. The van der Waals surface area contributed by atoms with Crippen LogP contribution in [-0.4, -0.2) is 38.6 Å². The molecule has 0 amide bonds. The molecule has 1 saturated heterocycles. The third kappa shape index (κ3) is 4.19. The Kier molecular flexibility index (Phi) is 5.43. The lowest BCUT2D eigenvalue weighted by molar-refractivity contribution is 0.388.